The molecular formula is C20H21N. The van der Waals surface area contributed by atoms with Gasteiger partial charge >= 0.3 is 0 Å². The van der Waals surface area contributed by atoms with Crippen molar-refractivity contribution in [2.75, 3.05) is 6.54 Å². The van der Waals surface area contributed by atoms with Crippen LogP contribution in [0.25, 0.3) is 10.8 Å². The van der Waals surface area contributed by atoms with Gasteiger partial charge in [-0.25, -0.2) is 0 Å². The van der Waals surface area contributed by atoms with Crippen LogP contribution in [0.15, 0.2) is 72.8 Å². The lowest BCUT2D eigenvalue weighted by atomic mass is 9.97. The summed E-state index contributed by atoms with van der Waals surface area (Å²) in [5, 5.41) is 6.18. The van der Waals surface area contributed by atoms with Crippen molar-refractivity contribution in [3.05, 3.63) is 83.9 Å². The van der Waals surface area contributed by atoms with Gasteiger partial charge in [0.05, 0.1) is 0 Å². The van der Waals surface area contributed by atoms with Crippen LogP contribution in [-0.2, 0) is 6.54 Å². The molecule has 0 amide bonds. The van der Waals surface area contributed by atoms with Crippen molar-refractivity contribution in [3.8, 4) is 0 Å². The highest BCUT2D eigenvalue weighted by Gasteiger charge is 2.06. The first-order chi connectivity index (χ1) is 10.3. The van der Waals surface area contributed by atoms with Crippen molar-refractivity contribution in [2.24, 2.45) is 0 Å². The van der Waals surface area contributed by atoms with Crippen molar-refractivity contribution in [2.45, 2.75) is 19.4 Å². The van der Waals surface area contributed by atoms with Crippen LogP contribution in [0, 0.1) is 0 Å². The zero-order valence-corrected chi connectivity index (χ0v) is 12.4. The number of rotatable bonds is 5. The average molecular weight is 275 g/mol. The minimum atomic E-state index is 0.512. The first kappa shape index (κ1) is 13.8. The van der Waals surface area contributed by atoms with E-state index in [0.29, 0.717) is 5.92 Å². The lowest BCUT2D eigenvalue weighted by Gasteiger charge is -2.14. The Morgan fingerprint density at radius 1 is 0.810 bits per heavy atom. The van der Waals surface area contributed by atoms with E-state index in [1.54, 1.807) is 0 Å². The molecule has 0 radical (unpaired) electrons. The third kappa shape index (κ3) is 3.50. The predicted octanol–water partition coefficient (Wildman–Crippen LogP) is 4.73. The number of hydrogen-bond donors (Lipinski definition) is 1. The third-order valence-electron chi connectivity index (χ3n) is 3.97. The third-order valence-corrected chi connectivity index (χ3v) is 3.97. The number of hydrogen-bond acceptors (Lipinski definition) is 1. The summed E-state index contributed by atoms with van der Waals surface area (Å²) in [4.78, 5) is 0. The standard InChI is InChI=1S/C20H21N/c1-16(14-21-15-17-7-3-2-4-8-17)19-12-11-18-9-5-6-10-20(18)13-19/h2-13,16,21H,14-15H2,1H3. The Morgan fingerprint density at radius 3 is 2.33 bits per heavy atom. The molecule has 1 atom stereocenters. The maximum absolute atomic E-state index is 3.55. The summed E-state index contributed by atoms with van der Waals surface area (Å²) in [6, 6.07) is 25.9. The van der Waals surface area contributed by atoms with Gasteiger partial charge in [0.15, 0.2) is 0 Å². The van der Waals surface area contributed by atoms with Crippen LogP contribution < -0.4 is 5.32 Å². The molecule has 21 heavy (non-hydrogen) atoms. The van der Waals surface area contributed by atoms with E-state index in [9.17, 15) is 0 Å². The maximum atomic E-state index is 3.55. The molecule has 1 N–H and O–H groups in total. The van der Waals surface area contributed by atoms with Gasteiger partial charge in [0.25, 0.3) is 0 Å². The molecule has 0 saturated carbocycles. The molecule has 0 aromatic heterocycles. The molecule has 0 heterocycles. The van der Waals surface area contributed by atoms with Gasteiger partial charge in [-0.05, 0) is 27.8 Å². The SMILES string of the molecule is CC(CNCc1ccccc1)c1ccc2ccccc2c1. The van der Waals surface area contributed by atoms with E-state index in [1.807, 2.05) is 0 Å². The van der Waals surface area contributed by atoms with Gasteiger partial charge in [-0.1, -0.05) is 79.7 Å². The van der Waals surface area contributed by atoms with Crippen LogP contribution in [0.2, 0.25) is 0 Å². The summed E-state index contributed by atoms with van der Waals surface area (Å²) in [6.45, 7) is 4.20. The van der Waals surface area contributed by atoms with Crippen molar-refractivity contribution in [1.82, 2.24) is 5.32 Å². The van der Waals surface area contributed by atoms with Crippen LogP contribution in [0.3, 0.4) is 0 Å². The maximum Gasteiger partial charge on any atom is 0.0205 e. The highest BCUT2D eigenvalue weighted by Crippen LogP contribution is 2.21. The molecule has 1 nitrogen and oxygen atoms in total. The second-order valence-electron chi connectivity index (χ2n) is 5.62. The zero-order valence-electron chi connectivity index (χ0n) is 12.4. The molecule has 0 spiro atoms. The van der Waals surface area contributed by atoms with E-state index in [4.69, 9.17) is 0 Å². The molecule has 0 aliphatic carbocycles. The van der Waals surface area contributed by atoms with Gasteiger partial charge in [0, 0.05) is 13.1 Å². The van der Waals surface area contributed by atoms with Crippen molar-refractivity contribution < 1.29 is 0 Å². The Kier molecular flexibility index (Phi) is 4.32. The molecule has 3 aromatic carbocycles. The Balaban J connectivity index is 1.62. The Labute approximate surface area is 126 Å². The van der Waals surface area contributed by atoms with Crippen LogP contribution in [0.4, 0.5) is 0 Å². The fourth-order valence-corrected chi connectivity index (χ4v) is 2.66. The predicted molar refractivity (Wildman–Crippen MR) is 90.5 cm³/mol. The minimum Gasteiger partial charge on any atom is -0.312 e. The lowest BCUT2D eigenvalue weighted by Crippen LogP contribution is -2.19. The van der Waals surface area contributed by atoms with Gasteiger partial charge in [0.1, 0.15) is 0 Å². The molecule has 1 unspecified atom stereocenters. The largest absolute Gasteiger partial charge is 0.312 e. The molecule has 0 aliphatic rings. The van der Waals surface area contributed by atoms with Gasteiger partial charge in [-0.15, -0.1) is 0 Å². The van der Waals surface area contributed by atoms with Gasteiger partial charge < -0.3 is 5.32 Å². The summed E-state index contributed by atoms with van der Waals surface area (Å²) in [7, 11) is 0. The molecule has 0 bridgehead atoms. The molecule has 3 aromatic rings. The molecule has 3 rings (SSSR count). The highest BCUT2D eigenvalue weighted by atomic mass is 14.9. The Bertz CT molecular complexity index is 703. The molecule has 0 aliphatic heterocycles. The zero-order chi connectivity index (χ0) is 14.5. The smallest absolute Gasteiger partial charge is 0.0205 e. The first-order valence-corrected chi connectivity index (χ1v) is 7.56. The van der Waals surface area contributed by atoms with Crippen molar-refractivity contribution in [3.63, 3.8) is 0 Å². The number of nitrogens with one attached hydrogen (secondary N) is 1. The summed E-state index contributed by atoms with van der Waals surface area (Å²) in [6.07, 6.45) is 0. The quantitative estimate of drug-likeness (QED) is 0.709. The summed E-state index contributed by atoms with van der Waals surface area (Å²) < 4.78 is 0. The highest BCUT2D eigenvalue weighted by molar-refractivity contribution is 5.83. The van der Waals surface area contributed by atoms with E-state index >= 15 is 0 Å². The van der Waals surface area contributed by atoms with Gasteiger partial charge in [0.2, 0.25) is 0 Å². The summed E-state index contributed by atoms with van der Waals surface area (Å²) in [5.41, 5.74) is 2.73. The molecular weight excluding hydrogens is 254 g/mol. The topological polar surface area (TPSA) is 12.0 Å². The van der Waals surface area contributed by atoms with Crippen molar-refractivity contribution in [1.29, 1.82) is 0 Å². The van der Waals surface area contributed by atoms with Crippen LogP contribution in [-0.4, -0.2) is 6.54 Å². The van der Waals surface area contributed by atoms with Crippen LogP contribution in [0.5, 0.6) is 0 Å². The first-order valence-electron chi connectivity index (χ1n) is 7.56. The molecule has 0 saturated heterocycles. The number of benzene rings is 3. The number of fused-ring (bicyclic) bond motifs is 1. The molecule has 1 heteroatoms. The Morgan fingerprint density at radius 2 is 1.52 bits per heavy atom. The van der Waals surface area contributed by atoms with E-state index < -0.39 is 0 Å². The lowest BCUT2D eigenvalue weighted by molar-refractivity contribution is 0.615. The fourth-order valence-electron chi connectivity index (χ4n) is 2.66. The van der Waals surface area contributed by atoms with Crippen LogP contribution >= 0.6 is 0 Å². The van der Waals surface area contributed by atoms with Crippen LogP contribution in [0.1, 0.15) is 24.0 Å². The van der Waals surface area contributed by atoms with E-state index in [1.165, 1.54) is 21.9 Å². The fraction of sp³-hybridized carbons (Fsp3) is 0.200. The minimum absolute atomic E-state index is 0.512. The van der Waals surface area contributed by atoms with E-state index in [2.05, 4.69) is 85.0 Å². The van der Waals surface area contributed by atoms with E-state index in [-0.39, 0.29) is 0 Å². The van der Waals surface area contributed by atoms with Gasteiger partial charge in [-0.2, -0.15) is 0 Å². The molecule has 106 valence electrons. The summed E-state index contributed by atoms with van der Waals surface area (Å²) >= 11 is 0. The molecule has 0 fully saturated rings. The average Bonchev–Trinajstić information content (AvgIpc) is 2.55. The summed E-state index contributed by atoms with van der Waals surface area (Å²) in [5.74, 6) is 0.512. The normalized spacial score (nSPS) is 12.4. The van der Waals surface area contributed by atoms with Crippen molar-refractivity contribution >= 4 is 10.8 Å². The monoisotopic (exact) mass is 275 g/mol. The van der Waals surface area contributed by atoms with E-state index in [0.717, 1.165) is 13.1 Å². The van der Waals surface area contributed by atoms with Gasteiger partial charge in [-0.3, -0.25) is 0 Å². The second kappa shape index (κ2) is 6.55. The second-order valence-corrected chi connectivity index (χ2v) is 5.62. The Hall–Kier alpha value is -2.12.